The van der Waals surface area contributed by atoms with E-state index < -0.39 is 0 Å². The molecular weight excluding hydrogens is 198 g/mol. The summed E-state index contributed by atoms with van der Waals surface area (Å²) in [6.45, 7) is 2.18. The Labute approximate surface area is 94.8 Å². The van der Waals surface area contributed by atoms with Crippen molar-refractivity contribution < 1.29 is 0 Å². The van der Waals surface area contributed by atoms with Gasteiger partial charge >= 0.3 is 0 Å². The van der Waals surface area contributed by atoms with E-state index in [0.717, 1.165) is 25.0 Å². The molecule has 0 amide bonds. The zero-order valence-electron chi connectivity index (χ0n) is 9.40. The first-order valence-electron chi connectivity index (χ1n) is 5.64. The van der Waals surface area contributed by atoms with E-state index in [1.54, 1.807) is 0 Å². The summed E-state index contributed by atoms with van der Waals surface area (Å²) in [4.78, 5) is 2.33. The van der Waals surface area contributed by atoms with Crippen LogP contribution in [0.1, 0.15) is 12.0 Å². The molecule has 0 spiro atoms. The number of fused-ring (bicyclic) bond motifs is 1. The van der Waals surface area contributed by atoms with Crippen LogP contribution < -0.4 is 0 Å². The monoisotopic (exact) mass is 213 g/mol. The fraction of sp³-hybridized carbons (Fsp3) is 0.308. The molecule has 3 rings (SSSR count). The molecule has 2 aromatic rings. The Kier molecular flexibility index (Phi) is 2.26. The quantitative estimate of drug-likeness (QED) is 0.788. The van der Waals surface area contributed by atoms with Crippen molar-refractivity contribution in [1.29, 1.82) is 0 Å². The van der Waals surface area contributed by atoms with Gasteiger partial charge in [0.25, 0.3) is 0 Å². The van der Waals surface area contributed by atoms with E-state index in [1.165, 1.54) is 16.5 Å². The van der Waals surface area contributed by atoms with Crippen LogP contribution in [0.2, 0.25) is 0 Å². The van der Waals surface area contributed by atoms with Gasteiger partial charge in [0.1, 0.15) is 0 Å². The summed E-state index contributed by atoms with van der Waals surface area (Å²) >= 11 is 0. The van der Waals surface area contributed by atoms with E-state index in [9.17, 15) is 0 Å². The lowest BCUT2D eigenvalue weighted by atomic mass is 9.97. The van der Waals surface area contributed by atoms with Crippen molar-refractivity contribution in [1.82, 2.24) is 15.1 Å². The summed E-state index contributed by atoms with van der Waals surface area (Å²) in [6.07, 6.45) is 5.37. The largest absolute Gasteiger partial charge is 0.302 e. The number of rotatable bonds is 1. The van der Waals surface area contributed by atoms with Gasteiger partial charge < -0.3 is 4.90 Å². The molecular formula is C13H15N3. The number of hydrogen-bond acceptors (Lipinski definition) is 2. The van der Waals surface area contributed by atoms with Crippen LogP contribution in [-0.4, -0.2) is 35.2 Å². The average molecular weight is 213 g/mol. The zero-order valence-corrected chi connectivity index (χ0v) is 9.40. The van der Waals surface area contributed by atoms with Gasteiger partial charge in [0.15, 0.2) is 0 Å². The van der Waals surface area contributed by atoms with Crippen molar-refractivity contribution in [2.45, 2.75) is 6.42 Å². The molecule has 3 nitrogen and oxygen atoms in total. The molecule has 2 heterocycles. The van der Waals surface area contributed by atoms with Crippen LogP contribution in [0, 0.1) is 0 Å². The molecule has 0 saturated heterocycles. The van der Waals surface area contributed by atoms with Crippen molar-refractivity contribution >= 4 is 16.5 Å². The number of nitrogens with zero attached hydrogens (tertiary/aromatic N) is 2. The smallest absolute Gasteiger partial charge is 0.0656 e. The second-order valence-corrected chi connectivity index (χ2v) is 4.38. The number of likely N-dealkylation sites (N-methyl/N-ethyl adjacent to an activating group) is 1. The van der Waals surface area contributed by atoms with Crippen LogP contribution in [-0.2, 0) is 0 Å². The lowest BCUT2D eigenvalue weighted by Gasteiger charge is -2.22. The minimum absolute atomic E-state index is 1.05. The van der Waals surface area contributed by atoms with E-state index >= 15 is 0 Å². The Morgan fingerprint density at radius 1 is 1.38 bits per heavy atom. The Balaban J connectivity index is 2.09. The second kappa shape index (κ2) is 3.76. The van der Waals surface area contributed by atoms with E-state index in [2.05, 4.69) is 46.4 Å². The number of aromatic nitrogens is 2. The van der Waals surface area contributed by atoms with Crippen molar-refractivity contribution in [2.24, 2.45) is 0 Å². The van der Waals surface area contributed by atoms with Crippen LogP contribution in [0.5, 0.6) is 0 Å². The number of nitrogens with one attached hydrogen (secondary N) is 1. The topological polar surface area (TPSA) is 31.9 Å². The number of aromatic amines is 1. The number of hydrogen-bond donors (Lipinski definition) is 1. The highest BCUT2D eigenvalue weighted by molar-refractivity contribution is 5.91. The van der Waals surface area contributed by atoms with Crippen LogP contribution in [0.15, 0.2) is 30.5 Å². The van der Waals surface area contributed by atoms with Crippen LogP contribution >= 0.6 is 0 Å². The molecule has 3 heteroatoms. The fourth-order valence-electron chi connectivity index (χ4n) is 2.26. The molecule has 82 valence electrons. The molecule has 1 aromatic heterocycles. The summed E-state index contributed by atoms with van der Waals surface area (Å²) in [5.41, 5.74) is 3.90. The van der Waals surface area contributed by atoms with E-state index in [1.807, 2.05) is 6.20 Å². The van der Waals surface area contributed by atoms with E-state index in [0.29, 0.717) is 0 Å². The SMILES string of the molecule is CN1CC=C(c2cccc3[nH]ncc23)CC1. The third-order valence-electron chi connectivity index (χ3n) is 3.24. The van der Waals surface area contributed by atoms with Crippen molar-refractivity contribution in [3.63, 3.8) is 0 Å². The fourth-order valence-corrected chi connectivity index (χ4v) is 2.26. The maximum Gasteiger partial charge on any atom is 0.0656 e. The normalized spacial score (nSPS) is 17.7. The molecule has 1 aliphatic heterocycles. The minimum Gasteiger partial charge on any atom is -0.302 e. The van der Waals surface area contributed by atoms with Gasteiger partial charge in [-0.15, -0.1) is 0 Å². The molecule has 0 atom stereocenters. The number of benzene rings is 1. The van der Waals surface area contributed by atoms with Gasteiger partial charge in [-0.2, -0.15) is 5.10 Å². The van der Waals surface area contributed by atoms with Gasteiger partial charge in [-0.1, -0.05) is 18.2 Å². The molecule has 0 aliphatic carbocycles. The standard InChI is InChI=1S/C13H15N3/c1-16-7-5-10(6-8-16)11-3-2-4-13-12(11)9-14-15-13/h2-5,9H,6-8H2,1H3,(H,14,15). The average Bonchev–Trinajstić information content (AvgIpc) is 2.78. The van der Waals surface area contributed by atoms with Gasteiger partial charge in [-0.3, -0.25) is 5.10 Å². The first kappa shape index (κ1) is 9.60. The Bertz CT molecular complexity index is 539. The molecule has 16 heavy (non-hydrogen) atoms. The number of H-pyrrole nitrogens is 1. The lowest BCUT2D eigenvalue weighted by molar-refractivity contribution is 0.370. The predicted octanol–water partition coefficient (Wildman–Crippen LogP) is 2.28. The highest BCUT2D eigenvalue weighted by Crippen LogP contribution is 2.27. The molecule has 1 aromatic carbocycles. The molecule has 1 N–H and O–H groups in total. The summed E-state index contributed by atoms with van der Waals surface area (Å²) in [7, 11) is 2.16. The third kappa shape index (κ3) is 1.53. The van der Waals surface area contributed by atoms with Crippen LogP contribution in [0.25, 0.3) is 16.5 Å². The first-order chi connectivity index (χ1) is 7.84. The Morgan fingerprint density at radius 2 is 2.31 bits per heavy atom. The molecule has 0 bridgehead atoms. The van der Waals surface area contributed by atoms with Gasteiger partial charge in [-0.25, -0.2) is 0 Å². The zero-order chi connectivity index (χ0) is 11.0. The predicted molar refractivity (Wildman–Crippen MR) is 66.2 cm³/mol. The Morgan fingerprint density at radius 3 is 3.12 bits per heavy atom. The van der Waals surface area contributed by atoms with Crippen LogP contribution in [0.3, 0.4) is 0 Å². The summed E-state index contributed by atoms with van der Waals surface area (Å²) in [6, 6.07) is 6.35. The molecule has 0 saturated carbocycles. The minimum atomic E-state index is 1.05. The Hall–Kier alpha value is -1.61. The first-order valence-corrected chi connectivity index (χ1v) is 5.64. The van der Waals surface area contributed by atoms with Gasteiger partial charge in [0.2, 0.25) is 0 Å². The van der Waals surface area contributed by atoms with E-state index in [4.69, 9.17) is 0 Å². The summed E-state index contributed by atoms with van der Waals surface area (Å²) in [5.74, 6) is 0. The van der Waals surface area contributed by atoms with Gasteiger partial charge in [-0.05, 0) is 30.7 Å². The highest BCUT2D eigenvalue weighted by atomic mass is 15.1. The third-order valence-corrected chi connectivity index (χ3v) is 3.24. The summed E-state index contributed by atoms with van der Waals surface area (Å²) in [5, 5.41) is 8.36. The molecule has 0 unspecified atom stereocenters. The highest BCUT2D eigenvalue weighted by Gasteiger charge is 2.12. The van der Waals surface area contributed by atoms with Gasteiger partial charge in [0, 0.05) is 18.5 Å². The second-order valence-electron chi connectivity index (χ2n) is 4.38. The van der Waals surface area contributed by atoms with Crippen LogP contribution in [0.4, 0.5) is 0 Å². The maximum atomic E-state index is 4.11. The maximum absolute atomic E-state index is 4.11. The molecule has 0 fully saturated rings. The molecule has 0 radical (unpaired) electrons. The van der Waals surface area contributed by atoms with Gasteiger partial charge in [0.05, 0.1) is 11.7 Å². The van der Waals surface area contributed by atoms with Crippen molar-refractivity contribution in [3.8, 4) is 0 Å². The molecule has 1 aliphatic rings. The van der Waals surface area contributed by atoms with Crippen molar-refractivity contribution in [3.05, 3.63) is 36.0 Å². The summed E-state index contributed by atoms with van der Waals surface area (Å²) < 4.78 is 0. The lowest BCUT2D eigenvalue weighted by Crippen LogP contribution is -2.23. The van der Waals surface area contributed by atoms with Crippen molar-refractivity contribution in [2.75, 3.05) is 20.1 Å². The van der Waals surface area contributed by atoms with E-state index in [-0.39, 0.29) is 0 Å².